The maximum atomic E-state index is 12.2. The number of hydrogen-bond donors (Lipinski definition) is 1. The molecule has 2 aromatic rings. The Morgan fingerprint density at radius 3 is 2.62 bits per heavy atom. The molecule has 1 heterocycles. The molecule has 0 saturated heterocycles. The molecule has 1 N–H and O–H groups in total. The van der Waals surface area contributed by atoms with E-state index in [0.29, 0.717) is 5.69 Å². The van der Waals surface area contributed by atoms with Gasteiger partial charge in [0.1, 0.15) is 0 Å². The Bertz CT molecular complexity index is 762. The number of aromatic nitrogens is 1. The van der Waals surface area contributed by atoms with Gasteiger partial charge >= 0.3 is 5.97 Å². The number of nitrogens with zero attached hydrogens (tertiary/aromatic N) is 2. The molecule has 8 heteroatoms. The average Bonchev–Trinajstić information content (AvgIpc) is 2.60. The molecule has 1 aromatic heterocycles. The zero-order valence-corrected chi connectivity index (χ0v) is 12.9. The van der Waals surface area contributed by atoms with Crippen LogP contribution in [0.3, 0.4) is 0 Å². The van der Waals surface area contributed by atoms with Crippen LogP contribution in [0.15, 0.2) is 42.6 Å². The van der Waals surface area contributed by atoms with Crippen molar-refractivity contribution >= 4 is 17.6 Å². The van der Waals surface area contributed by atoms with Gasteiger partial charge in [-0.15, -0.1) is 0 Å². The summed E-state index contributed by atoms with van der Waals surface area (Å²) in [6, 6.07) is 8.71. The highest BCUT2D eigenvalue weighted by Crippen LogP contribution is 2.18. The summed E-state index contributed by atoms with van der Waals surface area (Å²) in [5, 5.41) is 13.6. The number of nitro groups is 1. The molecule has 0 bridgehead atoms. The van der Waals surface area contributed by atoms with Gasteiger partial charge in [-0.2, -0.15) is 0 Å². The van der Waals surface area contributed by atoms with Crippen LogP contribution in [0.2, 0.25) is 0 Å². The second kappa shape index (κ2) is 7.82. The first-order valence-electron chi connectivity index (χ1n) is 7.16. The minimum atomic E-state index is -0.722. The quantitative estimate of drug-likeness (QED) is 0.493. The van der Waals surface area contributed by atoms with Crippen molar-refractivity contribution in [2.24, 2.45) is 0 Å². The smallest absolute Gasteiger partial charge is 0.338 e. The minimum Gasteiger partial charge on any atom is -0.462 e. The second-order valence-corrected chi connectivity index (χ2v) is 4.75. The van der Waals surface area contributed by atoms with Crippen LogP contribution < -0.4 is 5.32 Å². The van der Waals surface area contributed by atoms with Crippen LogP contribution in [0.5, 0.6) is 0 Å². The summed E-state index contributed by atoms with van der Waals surface area (Å²) in [5.74, 6) is -1.27. The first-order chi connectivity index (χ1) is 11.5. The topological polar surface area (TPSA) is 111 Å². The summed E-state index contributed by atoms with van der Waals surface area (Å²) in [6.45, 7) is 1.91. The fourth-order valence-corrected chi connectivity index (χ4v) is 1.96. The number of nitrogens with one attached hydrogen (secondary N) is 1. The van der Waals surface area contributed by atoms with Gasteiger partial charge < -0.3 is 10.1 Å². The number of hydrogen-bond acceptors (Lipinski definition) is 6. The number of esters is 1. The van der Waals surface area contributed by atoms with E-state index < -0.39 is 16.8 Å². The number of pyridine rings is 1. The van der Waals surface area contributed by atoms with Crippen molar-refractivity contribution < 1.29 is 19.2 Å². The fourth-order valence-electron chi connectivity index (χ4n) is 1.96. The van der Waals surface area contributed by atoms with Crippen LogP contribution in [0, 0.1) is 10.1 Å². The molecule has 0 aliphatic rings. The van der Waals surface area contributed by atoms with Crippen LogP contribution in [0.1, 0.15) is 33.3 Å². The lowest BCUT2D eigenvalue weighted by Crippen LogP contribution is -2.23. The highest BCUT2D eigenvalue weighted by atomic mass is 16.6. The molecule has 0 fully saturated rings. The van der Waals surface area contributed by atoms with Crippen molar-refractivity contribution in [3.05, 3.63) is 69.5 Å². The lowest BCUT2D eigenvalue weighted by atomic mass is 10.1. The van der Waals surface area contributed by atoms with E-state index in [-0.39, 0.29) is 30.0 Å². The minimum absolute atomic E-state index is 0.00295. The Kier molecular flexibility index (Phi) is 5.56. The fraction of sp³-hybridized carbons (Fsp3) is 0.188. The molecule has 1 aromatic carbocycles. The first kappa shape index (κ1) is 17.1. The molecule has 0 aliphatic carbocycles. The van der Waals surface area contributed by atoms with Crippen LogP contribution in [0.25, 0.3) is 0 Å². The van der Waals surface area contributed by atoms with Crippen LogP contribution in [0.4, 0.5) is 5.69 Å². The summed E-state index contributed by atoms with van der Waals surface area (Å²) in [6.07, 6.45) is 1.59. The lowest BCUT2D eigenvalue weighted by Gasteiger charge is -2.07. The van der Waals surface area contributed by atoms with E-state index in [1.807, 2.05) is 0 Å². The predicted octanol–water partition coefficient (Wildman–Crippen LogP) is 2.10. The van der Waals surface area contributed by atoms with Gasteiger partial charge in [0, 0.05) is 23.9 Å². The number of non-ortho nitro benzene ring substituents is 1. The third kappa shape index (κ3) is 4.35. The van der Waals surface area contributed by atoms with E-state index in [1.54, 1.807) is 31.3 Å². The van der Waals surface area contributed by atoms with Crippen molar-refractivity contribution in [3.63, 3.8) is 0 Å². The molecule has 0 unspecified atom stereocenters. The maximum Gasteiger partial charge on any atom is 0.338 e. The molecule has 2 rings (SSSR count). The van der Waals surface area contributed by atoms with Gasteiger partial charge in [-0.1, -0.05) is 6.07 Å². The predicted molar refractivity (Wildman–Crippen MR) is 84.5 cm³/mol. The SMILES string of the molecule is CCOC(=O)c1cc(C(=O)NCc2ccccn2)cc([N+](=O)[O-])c1. The second-order valence-electron chi connectivity index (χ2n) is 4.75. The van der Waals surface area contributed by atoms with Crippen molar-refractivity contribution in [2.75, 3.05) is 6.61 Å². The van der Waals surface area contributed by atoms with Gasteiger partial charge in [0.2, 0.25) is 0 Å². The van der Waals surface area contributed by atoms with Gasteiger partial charge in [0.15, 0.2) is 0 Å². The molecular weight excluding hydrogens is 314 g/mol. The molecule has 0 radical (unpaired) electrons. The molecule has 0 saturated carbocycles. The summed E-state index contributed by atoms with van der Waals surface area (Å²) in [7, 11) is 0. The highest BCUT2D eigenvalue weighted by Gasteiger charge is 2.18. The Morgan fingerprint density at radius 2 is 2.00 bits per heavy atom. The number of benzene rings is 1. The number of carbonyl (C=O) groups is 2. The van der Waals surface area contributed by atoms with Gasteiger partial charge in [-0.3, -0.25) is 19.9 Å². The van der Waals surface area contributed by atoms with Crippen molar-refractivity contribution in [1.29, 1.82) is 0 Å². The number of carbonyl (C=O) groups excluding carboxylic acids is 2. The van der Waals surface area contributed by atoms with E-state index in [9.17, 15) is 19.7 Å². The van der Waals surface area contributed by atoms with E-state index in [1.165, 1.54) is 6.07 Å². The molecule has 0 aliphatic heterocycles. The van der Waals surface area contributed by atoms with Gasteiger partial charge in [0.25, 0.3) is 11.6 Å². The van der Waals surface area contributed by atoms with E-state index in [2.05, 4.69) is 10.3 Å². The Labute approximate surface area is 137 Å². The van der Waals surface area contributed by atoms with Crippen LogP contribution in [-0.4, -0.2) is 28.4 Å². The summed E-state index contributed by atoms with van der Waals surface area (Å²) in [4.78, 5) is 38.4. The largest absolute Gasteiger partial charge is 0.462 e. The van der Waals surface area contributed by atoms with E-state index >= 15 is 0 Å². The Balaban J connectivity index is 2.22. The molecular formula is C16H15N3O5. The zero-order chi connectivity index (χ0) is 17.5. The molecule has 124 valence electrons. The number of ether oxygens (including phenoxy) is 1. The third-order valence-corrected chi connectivity index (χ3v) is 3.06. The molecule has 1 amide bonds. The van der Waals surface area contributed by atoms with Crippen LogP contribution >= 0.6 is 0 Å². The summed E-state index contributed by atoms with van der Waals surface area (Å²) < 4.78 is 4.82. The summed E-state index contributed by atoms with van der Waals surface area (Å²) in [5.41, 5.74) is 0.239. The highest BCUT2D eigenvalue weighted by molar-refractivity contribution is 5.98. The van der Waals surface area contributed by atoms with Crippen molar-refractivity contribution in [2.45, 2.75) is 13.5 Å². The normalized spacial score (nSPS) is 10.0. The lowest BCUT2D eigenvalue weighted by molar-refractivity contribution is -0.384. The molecule has 8 nitrogen and oxygen atoms in total. The van der Waals surface area contributed by atoms with E-state index in [4.69, 9.17) is 4.74 Å². The third-order valence-electron chi connectivity index (χ3n) is 3.06. The summed E-state index contributed by atoms with van der Waals surface area (Å²) >= 11 is 0. The average molecular weight is 329 g/mol. The first-order valence-corrected chi connectivity index (χ1v) is 7.16. The molecule has 0 spiro atoms. The maximum absolute atomic E-state index is 12.2. The van der Waals surface area contributed by atoms with Gasteiger partial charge in [0.05, 0.1) is 29.3 Å². The van der Waals surface area contributed by atoms with Gasteiger partial charge in [-0.05, 0) is 25.1 Å². The van der Waals surface area contributed by atoms with Crippen LogP contribution in [-0.2, 0) is 11.3 Å². The van der Waals surface area contributed by atoms with Crippen molar-refractivity contribution in [1.82, 2.24) is 10.3 Å². The Morgan fingerprint density at radius 1 is 1.25 bits per heavy atom. The Hall–Kier alpha value is -3.29. The van der Waals surface area contributed by atoms with E-state index in [0.717, 1.165) is 12.1 Å². The standard InChI is InChI=1S/C16H15N3O5/c1-2-24-16(21)12-7-11(8-14(9-12)19(22)23)15(20)18-10-13-5-3-4-6-17-13/h3-9H,2,10H2,1H3,(H,18,20). The molecule has 24 heavy (non-hydrogen) atoms. The number of nitro benzene ring substituents is 1. The monoisotopic (exact) mass is 329 g/mol. The zero-order valence-electron chi connectivity index (χ0n) is 12.9. The number of rotatable bonds is 6. The molecule has 0 atom stereocenters. The van der Waals surface area contributed by atoms with Gasteiger partial charge in [-0.25, -0.2) is 4.79 Å². The number of amides is 1. The van der Waals surface area contributed by atoms with Crippen molar-refractivity contribution in [3.8, 4) is 0 Å².